The Kier molecular flexibility index (Phi) is 12.3. The molecule has 5 N–H and O–H groups in total. The zero-order valence-corrected chi connectivity index (χ0v) is 20.9. The van der Waals surface area contributed by atoms with Gasteiger partial charge in [0.05, 0.1) is 10.4 Å². The van der Waals surface area contributed by atoms with Crippen LogP contribution in [-0.4, -0.2) is 63.0 Å². The maximum absolute atomic E-state index is 13.1. The Morgan fingerprint density at radius 1 is 1.31 bits per heavy atom. The lowest BCUT2D eigenvalue weighted by Crippen LogP contribution is -2.19. The van der Waals surface area contributed by atoms with Crippen LogP contribution in [-0.2, 0) is 6.42 Å². The zero-order chi connectivity index (χ0) is 23.3. The second-order valence-electron chi connectivity index (χ2n) is 7.21. The van der Waals surface area contributed by atoms with Crippen molar-refractivity contribution in [3.8, 4) is 0 Å². The summed E-state index contributed by atoms with van der Waals surface area (Å²) < 4.78 is 0. The number of thiophene rings is 1. The van der Waals surface area contributed by atoms with Crippen LogP contribution < -0.4 is 10.5 Å². The second kappa shape index (κ2) is 14.7. The Hall–Kier alpha value is -1.43. The van der Waals surface area contributed by atoms with Crippen LogP contribution in [0, 0.1) is 0 Å². The zero-order valence-electron chi connectivity index (χ0n) is 18.5. The molecule has 2 atom stereocenters. The number of hydrogen-bond donors (Lipinski definition) is 4. The van der Waals surface area contributed by atoms with Gasteiger partial charge in [0, 0.05) is 37.5 Å². The topological polar surface area (TPSA) is 121 Å². The van der Waals surface area contributed by atoms with Crippen LogP contribution in [0.4, 0.5) is 5.82 Å². The number of thioether (sulfide) groups is 1. The van der Waals surface area contributed by atoms with Gasteiger partial charge in [-0.2, -0.15) is 11.8 Å². The summed E-state index contributed by atoms with van der Waals surface area (Å²) in [6.07, 6.45) is 10.7. The number of rotatable bonds is 7. The van der Waals surface area contributed by atoms with E-state index >= 15 is 0 Å². The molecular weight excluding hydrogens is 464 g/mol. The average molecular weight is 497 g/mol. The van der Waals surface area contributed by atoms with E-state index in [1.165, 1.54) is 46.5 Å². The molecule has 2 aromatic heterocycles. The average Bonchev–Trinajstić information content (AvgIpc) is 3.52. The minimum Gasteiger partial charge on any atom is -0.400 e. The summed E-state index contributed by atoms with van der Waals surface area (Å²) in [5.41, 5.74) is 3.25. The molecule has 0 aromatic carbocycles. The molecule has 1 aliphatic heterocycles. The first-order valence-electron chi connectivity index (χ1n) is 10.4. The lowest BCUT2D eigenvalue weighted by Gasteiger charge is -2.15. The van der Waals surface area contributed by atoms with E-state index in [0.717, 1.165) is 57.0 Å². The highest BCUT2D eigenvalue weighted by Gasteiger charge is 2.26. The van der Waals surface area contributed by atoms with E-state index < -0.39 is 0 Å². The molecule has 2 unspecified atom stereocenters. The van der Waals surface area contributed by atoms with E-state index in [1.54, 1.807) is 6.20 Å². The van der Waals surface area contributed by atoms with Crippen molar-refractivity contribution in [3.05, 3.63) is 51.6 Å². The van der Waals surface area contributed by atoms with Crippen molar-refractivity contribution in [3.63, 3.8) is 0 Å². The van der Waals surface area contributed by atoms with E-state index in [0.29, 0.717) is 22.7 Å². The fourth-order valence-corrected chi connectivity index (χ4v) is 6.12. The molecule has 3 heterocycles. The van der Waals surface area contributed by atoms with Crippen LogP contribution in [0.5, 0.6) is 0 Å². The van der Waals surface area contributed by atoms with Gasteiger partial charge in [0.1, 0.15) is 12.1 Å². The van der Waals surface area contributed by atoms with Gasteiger partial charge in [-0.15, -0.1) is 11.3 Å². The number of carbonyl (C=O) groups is 1. The molecule has 2 aliphatic rings. The third-order valence-electron chi connectivity index (χ3n) is 5.24. The number of nitrogens with two attached hydrogens (primary N) is 1. The van der Waals surface area contributed by atoms with Crippen LogP contribution in [0.1, 0.15) is 46.5 Å². The van der Waals surface area contributed by atoms with Crippen LogP contribution in [0.15, 0.2) is 35.6 Å². The van der Waals surface area contributed by atoms with Gasteiger partial charge < -0.3 is 15.5 Å². The maximum Gasteiger partial charge on any atom is 0.208 e. The Balaban J connectivity index is 0.000000860. The molecule has 0 bridgehead atoms. The van der Waals surface area contributed by atoms with Gasteiger partial charge in [-0.3, -0.25) is 9.93 Å². The highest BCUT2D eigenvalue weighted by atomic mass is 32.2. The summed E-state index contributed by atoms with van der Waals surface area (Å²) in [5, 5.41) is 25.7. The van der Waals surface area contributed by atoms with E-state index in [4.69, 9.17) is 15.4 Å². The van der Waals surface area contributed by atoms with E-state index in [-0.39, 0.29) is 5.78 Å². The smallest absolute Gasteiger partial charge is 0.208 e. The minimum atomic E-state index is -0.00437. The molecule has 1 saturated carbocycles. The number of aliphatic hydroxyl groups is 2. The fourth-order valence-electron chi connectivity index (χ4n) is 3.71. The highest BCUT2D eigenvalue weighted by Crippen LogP contribution is 2.30. The lowest BCUT2D eigenvalue weighted by atomic mass is 10.0. The number of aliphatic hydroxyl groups excluding tert-OH is 2. The van der Waals surface area contributed by atoms with E-state index in [2.05, 4.69) is 26.7 Å². The van der Waals surface area contributed by atoms with Gasteiger partial charge in [-0.1, -0.05) is 23.6 Å². The molecule has 176 valence electrons. The number of nitrogens with zero attached hydrogens (tertiary/aromatic N) is 2. The number of allylic oxidation sites excluding steroid dienone is 1. The highest BCUT2D eigenvalue weighted by molar-refractivity contribution is 7.99. The molecule has 32 heavy (non-hydrogen) atoms. The first-order valence-corrected chi connectivity index (χ1v) is 13.4. The third-order valence-corrected chi connectivity index (χ3v) is 7.93. The Bertz CT molecular complexity index is 876. The normalized spacial score (nSPS) is 19.7. The maximum atomic E-state index is 13.1. The molecule has 2 aromatic rings. The molecule has 7 nitrogen and oxygen atoms in total. The van der Waals surface area contributed by atoms with Crippen molar-refractivity contribution in [2.75, 3.05) is 31.0 Å². The number of hydrogen-bond acceptors (Lipinski definition) is 10. The molecule has 0 radical (unpaired) electrons. The first-order chi connectivity index (χ1) is 15.7. The van der Waals surface area contributed by atoms with E-state index in [1.807, 2.05) is 17.8 Å². The van der Waals surface area contributed by atoms with Crippen LogP contribution in [0.25, 0.3) is 0 Å². The molecule has 0 spiro atoms. The van der Waals surface area contributed by atoms with Gasteiger partial charge in [0.25, 0.3) is 0 Å². The van der Waals surface area contributed by atoms with Crippen molar-refractivity contribution in [1.29, 1.82) is 0 Å². The lowest BCUT2D eigenvalue weighted by molar-refractivity contribution is 0.104. The van der Waals surface area contributed by atoms with Crippen molar-refractivity contribution >= 4 is 46.6 Å². The van der Waals surface area contributed by atoms with Crippen molar-refractivity contribution in [2.24, 2.45) is 5.14 Å². The minimum absolute atomic E-state index is 0.00437. The van der Waals surface area contributed by atoms with Gasteiger partial charge in [0.2, 0.25) is 5.78 Å². The molecule has 0 saturated heterocycles. The summed E-state index contributed by atoms with van der Waals surface area (Å²) >= 11 is 4.91. The summed E-state index contributed by atoms with van der Waals surface area (Å²) in [4.78, 5) is 22.3. The van der Waals surface area contributed by atoms with Crippen LogP contribution in [0.3, 0.4) is 0 Å². The number of anilines is 1. The number of aromatic nitrogens is 2. The molecule has 4 rings (SSSR count). The summed E-state index contributed by atoms with van der Waals surface area (Å²) in [7, 11) is 2.00. The molecule has 1 aliphatic carbocycles. The summed E-state index contributed by atoms with van der Waals surface area (Å²) in [5.74, 6) is 2.93. The number of carbonyl (C=O) groups excluding carboxylic acids is 1. The molecule has 1 fully saturated rings. The Morgan fingerprint density at radius 2 is 2.12 bits per heavy atom. The first kappa shape index (κ1) is 26.8. The summed E-state index contributed by atoms with van der Waals surface area (Å²) in [6, 6.07) is 2.33. The predicted molar refractivity (Wildman–Crippen MR) is 137 cm³/mol. The van der Waals surface area contributed by atoms with Crippen molar-refractivity contribution in [2.45, 2.75) is 43.4 Å². The number of nitrogens with one attached hydrogen (secondary N) is 1. The van der Waals surface area contributed by atoms with Gasteiger partial charge in [-0.05, 0) is 54.9 Å². The fraction of sp³-hybridized carbons (Fsp3) is 0.500. The van der Waals surface area contributed by atoms with Gasteiger partial charge >= 0.3 is 0 Å². The molecule has 0 amide bonds. The van der Waals surface area contributed by atoms with E-state index in [9.17, 15) is 4.79 Å². The third kappa shape index (κ3) is 7.57. The SMILES string of the molecule is CO.CO.NSC1CCC(Nc2ncncc2C(=O)c2cc(CC3=CCSCC3)cs2)C1. The molecular formula is C22H32N4O3S3. The largest absolute Gasteiger partial charge is 0.400 e. The monoisotopic (exact) mass is 496 g/mol. The van der Waals surface area contributed by atoms with Crippen molar-refractivity contribution < 1.29 is 15.0 Å². The van der Waals surface area contributed by atoms with Crippen LogP contribution >= 0.6 is 35.0 Å². The van der Waals surface area contributed by atoms with Crippen LogP contribution in [0.2, 0.25) is 0 Å². The number of ketones is 1. The second-order valence-corrected chi connectivity index (χ2v) is 10.2. The van der Waals surface area contributed by atoms with Crippen molar-refractivity contribution in [1.82, 2.24) is 9.97 Å². The Labute approximate surface area is 202 Å². The predicted octanol–water partition coefficient (Wildman–Crippen LogP) is 3.53. The molecule has 10 heteroatoms. The van der Waals surface area contributed by atoms with Gasteiger partial charge in [-0.25, -0.2) is 9.97 Å². The standard InChI is InChI=1S/C20H24N4OS3.2CH4O/c21-28-16-2-1-15(9-16)24-20-17(10-22-12-23-20)19(25)18-8-14(11-27-18)7-13-3-5-26-6-4-13;2*1-2/h3,8,10-12,15-16H,1-2,4-7,9,21H2,(H,22,23,24);2*2H,1H3. The Morgan fingerprint density at radius 3 is 2.81 bits per heavy atom. The summed E-state index contributed by atoms with van der Waals surface area (Å²) in [6.45, 7) is 0. The quantitative estimate of drug-likeness (QED) is 0.259. The van der Waals surface area contributed by atoms with Gasteiger partial charge in [0.15, 0.2) is 0 Å².